The zero-order valence-corrected chi connectivity index (χ0v) is 26.3. The van der Waals surface area contributed by atoms with Gasteiger partial charge in [-0.1, -0.05) is 127 Å². The van der Waals surface area contributed by atoms with Crippen LogP contribution in [0.5, 0.6) is 0 Å². The predicted octanol–water partition coefficient (Wildman–Crippen LogP) is 11.9. The highest BCUT2D eigenvalue weighted by Crippen LogP contribution is 2.37. The van der Waals surface area contributed by atoms with Crippen molar-refractivity contribution in [3.05, 3.63) is 164 Å². The second-order valence-electron chi connectivity index (χ2n) is 12.5. The number of fused-ring (bicyclic) bond motifs is 6. The molecule has 0 amide bonds. The summed E-state index contributed by atoms with van der Waals surface area (Å²) >= 11 is 0. The molecule has 0 bridgehead atoms. The lowest BCUT2D eigenvalue weighted by molar-refractivity contribution is 0.669. The minimum Gasteiger partial charge on any atom is -0.456 e. The first kappa shape index (κ1) is 27.5. The van der Waals surface area contributed by atoms with Gasteiger partial charge in [-0.25, -0.2) is 15.0 Å². The van der Waals surface area contributed by atoms with Gasteiger partial charge in [0.25, 0.3) is 0 Å². The lowest BCUT2D eigenvalue weighted by atomic mass is 9.98. The van der Waals surface area contributed by atoms with Crippen molar-refractivity contribution in [3.63, 3.8) is 0 Å². The van der Waals surface area contributed by atoms with Gasteiger partial charge < -0.3 is 4.42 Å². The maximum Gasteiger partial charge on any atom is 0.164 e. The number of benzene rings is 8. The number of hydrogen-bond donors (Lipinski definition) is 0. The van der Waals surface area contributed by atoms with E-state index in [0.29, 0.717) is 17.5 Å². The van der Waals surface area contributed by atoms with Crippen LogP contribution in [0.25, 0.3) is 99.5 Å². The van der Waals surface area contributed by atoms with E-state index in [1.165, 1.54) is 27.3 Å². The highest BCUT2D eigenvalue weighted by Gasteiger charge is 2.16. The highest BCUT2D eigenvalue weighted by atomic mass is 16.3. The Bertz CT molecular complexity index is 2890. The van der Waals surface area contributed by atoms with Crippen LogP contribution >= 0.6 is 0 Å². The third-order valence-corrected chi connectivity index (χ3v) is 9.47. The van der Waals surface area contributed by atoms with Crippen molar-refractivity contribution in [2.75, 3.05) is 0 Å². The first-order chi connectivity index (χ1) is 24.2. The van der Waals surface area contributed by atoms with E-state index in [1.807, 2.05) is 30.3 Å². The highest BCUT2D eigenvalue weighted by molar-refractivity contribution is 6.11. The number of rotatable bonds is 4. The second kappa shape index (κ2) is 11.0. The van der Waals surface area contributed by atoms with Gasteiger partial charge in [0.05, 0.1) is 0 Å². The Morgan fingerprint density at radius 3 is 1.78 bits per heavy atom. The Balaban J connectivity index is 1.10. The summed E-state index contributed by atoms with van der Waals surface area (Å²) in [6, 6.07) is 57.1. The molecule has 10 rings (SSSR count). The molecule has 4 heteroatoms. The molecule has 0 fully saturated rings. The first-order valence-corrected chi connectivity index (χ1v) is 16.4. The number of furan rings is 1. The molecule has 0 aliphatic heterocycles. The first-order valence-electron chi connectivity index (χ1n) is 16.4. The summed E-state index contributed by atoms with van der Waals surface area (Å²) in [4.78, 5) is 15.0. The van der Waals surface area contributed by atoms with E-state index in [9.17, 15) is 0 Å². The van der Waals surface area contributed by atoms with Crippen LogP contribution in [0.1, 0.15) is 0 Å². The van der Waals surface area contributed by atoms with Gasteiger partial charge in [0, 0.05) is 27.5 Å². The maximum atomic E-state index is 6.50. The summed E-state index contributed by atoms with van der Waals surface area (Å²) < 4.78 is 6.50. The lowest BCUT2D eigenvalue weighted by Gasteiger charge is -2.10. The summed E-state index contributed by atoms with van der Waals surface area (Å²) in [7, 11) is 0. The molecule has 0 aliphatic carbocycles. The largest absolute Gasteiger partial charge is 0.456 e. The van der Waals surface area contributed by atoms with Gasteiger partial charge in [-0.05, 0) is 79.8 Å². The van der Waals surface area contributed by atoms with Crippen molar-refractivity contribution in [2.45, 2.75) is 0 Å². The predicted molar refractivity (Wildman–Crippen MR) is 201 cm³/mol. The fourth-order valence-electron chi connectivity index (χ4n) is 6.97. The van der Waals surface area contributed by atoms with Crippen molar-refractivity contribution in [3.8, 4) is 45.3 Å². The molecule has 0 aliphatic rings. The van der Waals surface area contributed by atoms with Gasteiger partial charge in [-0.3, -0.25) is 0 Å². The summed E-state index contributed by atoms with van der Waals surface area (Å²) in [5.74, 6) is 1.87. The minimum absolute atomic E-state index is 0.601. The SMILES string of the molecule is c1ccc(-c2nc(-c3ccc4c(c3)oc3cc5ccc(-c6ccc7ccccc7c6)cc5cc34)nc(-c3cccc4ccccc34)n2)cc1. The molecule has 0 atom stereocenters. The third-order valence-electron chi connectivity index (χ3n) is 9.47. The van der Waals surface area contributed by atoms with Gasteiger partial charge in [0.1, 0.15) is 11.2 Å². The number of hydrogen-bond acceptors (Lipinski definition) is 4. The van der Waals surface area contributed by atoms with E-state index >= 15 is 0 Å². The lowest BCUT2D eigenvalue weighted by Crippen LogP contribution is -2.00. The molecule has 0 saturated carbocycles. The Hall–Kier alpha value is -6.65. The molecule has 0 N–H and O–H groups in total. The maximum absolute atomic E-state index is 6.50. The fraction of sp³-hybridized carbons (Fsp3) is 0. The zero-order valence-electron chi connectivity index (χ0n) is 26.3. The topological polar surface area (TPSA) is 51.8 Å². The average molecular weight is 626 g/mol. The van der Waals surface area contributed by atoms with E-state index in [4.69, 9.17) is 19.4 Å². The van der Waals surface area contributed by atoms with Crippen molar-refractivity contribution >= 4 is 54.3 Å². The van der Waals surface area contributed by atoms with Crippen LogP contribution in [-0.4, -0.2) is 15.0 Å². The molecule has 10 aromatic rings. The van der Waals surface area contributed by atoms with Crippen LogP contribution in [0.15, 0.2) is 168 Å². The van der Waals surface area contributed by atoms with E-state index in [0.717, 1.165) is 54.8 Å². The van der Waals surface area contributed by atoms with Gasteiger partial charge in [-0.2, -0.15) is 0 Å². The molecule has 0 radical (unpaired) electrons. The van der Waals surface area contributed by atoms with Crippen LogP contribution in [0.4, 0.5) is 0 Å². The molecule has 4 nitrogen and oxygen atoms in total. The van der Waals surface area contributed by atoms with Crippen LogP contribution in [0.3, 0.4) is 0 Å². The Kier molecular flexibility index (Phi) is 6.15. The van der Waals surface area contributed by atoms with Crippen LogP contribution < -0.4 is 0 Å². The Labute approximate surface area is 282 Å². The summed E-state index contributed by atoms with van der Waals surface area (Å²) in [6.45, 7) is 0. The number of aromatic nitrogens is 3. The van der Waals surface area contributed by atoms with Gasteiger partial charge in [0.2, 0.25) is 0 Å². The monoisotopic (exact) mass is 625 g/mol. The van der Waals surface area contributed by atoms with Crippen LogP contribution in [0, 0.1) is 0 Å². The van der Waals surface area contributed by atoms with Crippen LogP contribution in [0.2, 0.25) is 0 Å². The fourth-order valence-corrected chi connectivity index (χ4v) is 6.97. The normalized spacial score (nSPS) is 11.7. The molecule has 2 aromatic heterocycles. The molecule has 0 unspecified atom stereocenters. The zero-order chi connectivity index (χ0) is 32.3. The van der Waals surface area contributed by atoms with Gasteiger partial charge in [0.15, 0.2) is 17.5 Å². The Morgan fingerprint density at radius 2 is 0.918 bits per heavy atom. The van der Waals surface area contributed by atoms with Gasteiger partial charge >= 0.3 is 0 Å². The molecule has 0 saturated heterocycles. The van der Waals surface area contributed by atoms with Crippen molar-refractivity contribution in [2.24, 2.45) is 0 Å². The summed E-state index contributed by atoms with van der Waals surface area (Å²) in [5, 5.41) is 9.19. The van der Waals surface area contributed by atoms with E-state index in [2.05, 4.69) is 133 Å². The molecule has 2 heterocycles. The molecular formula is C45H27N3O. The average Bonchev–Trinajstić information content (AvgIpc) is 3.53. The smallest absolute Gasteiger partial charge is 0.164 e. The van der Waals surface area contributed by atoms with E-state index < -0.39 is 0 Å². The molecule has 49 heavy (non-hydrogen) atoms. The molecular weight excluding hydrogens is 599 g/mol. The van der Waals surface area contributed by atoms with Crippen molar-refractivity contribution in [1.82, 2.24) is 15.0 Å². The van der Waals surface area contributed by atoms with Gasteiger partial charge in [-0.15, -0.1) is 0 Å². The van der Waals surface area contributed by atoms with Crippen molar-refractivity contribution in [1.29, 1.82) is 0 Å². The van der Waals surface area contributed by atoms with Crippen LogP contribution in [-0.2, 0) is 0 Å². The quantitative estimate of drug-likeness (QED) is 0.195. The van der Waals surface area contributed by atoms with Crippen molar-refractivity contribution < 1.29 is 4.42 Å². The van der Waals surface area contributed by atoms with E-state index in [1.54, 1.807) is 0 Å². The minimum atomic E-state index is 0.601. The summed E-state index contributed by atoms with van der Waals surface area (Å²) in [6.07, 6.45) is 0. The Morgan fingerprint density at radius 1 is 0.306 bits per heavy atom. The summed E-state index contributed by atoms with van der Waals surface area (Å²) in [5.41, 5.74) is 6.83. The third kappa shape index (κ3) is 4.73. The molecule has 228 valence electrons. The second-order valence-corrected chi connectivity index (χ2v) is 12.5. The standard InChI is InChI=1S/C45H27N3O/c1-2-11-30(12-3-1)43-46-44(48-45(47-43)39-16-8-14-29-10-6-7-15-37(29)39)35-21-22-38-40-25-36-24-33(19-20-34(36)26-42(40)49-41(38)27-35)32-18-17-28-9-4-5-13-31(28)23-32/h1-27H. The number of nitrogens with zero attached hydrogens (tertiary/aromatic N) is 3. The van der Waals surface area contributed by atoms with E-state index in [-0.39, 0.29) is 0 Å². The molecule has 8 aromatic carbocycles. The molecule has 0 spiro atoms.